The lowest BCUT2D eigenvalue weighted by Crippen LogP contribution is -2.38. The summed E-state index contributed by atoms with van der Waals surface area (Å²) in [4.78, 5) is 14.6. The third-order valence-corrected chi connectivity index (χ3v) is 8.77. The molecule has 5 rings (SSSR count). The molecule has 0 atom stereocenters. The molecule has 174 valence electrons. The summed E-state index contributed by atoms with van der Waals surface area (Å²) < 4.78 is 41.0. The van der Waals surface area contributed by atoms with E-state index < -0.39 is 15.7 Å². The van der Waals surface area contributed by atoms with Crippen molar-refractivity contribution in [1.29, 1.82) is 0 Å². The molecule has 1 aromatic heterocycles. The van der Waals surface area contributed by atoms with Crippen LogP contribution in [0.5, 0.6) is 0 Å². The summed E-state index contributed by atoms with van der Waals surface area (Å²) in [5.74, 6) is 0.670. The number of carbonyl (C=O) groups is 1. The number of amides is 1. The minimum absolute atomic E-state index is 0.125. The molecule has 0 spiro atoms. The Morgan fingerprint density at radius 3 is 2.39 bits per heavy atom. The van der Waals surface area contributed by atoms with E-state index >= 15 is 0 Å². The molecule has 1 aliphatic carbocycles. The molecule has 0 radical (unpaired) electrons. The third-order valence-electron chi connectivity index (χ3n) is 7.06. The maximum absolute atomic E-state index is 13.2. The van der Waals surface area contributed by atoms with E-state index in [0.29, 0.717) is 24.2 Å². The number of sulfone groups is 1. The summed E-state index contributed by atoms with van der Waals surface area (Å²) in [6.45, 7) is 1.57. The number of piperidine rings is 1. The van der Waals surface area contributed by atoms with Crippen LogP contribution in [-0.4, -0.2) is 36.9 Å². The number of likely N-dealkylation sites (tertiary alicyclic amines) is 1. The summed E-state index contributed by atoms with van der Waals surface area (Å²) in [5.41, 5.74) is 3.01. The van der Waals surface area contributed by atoms with E-state index in [1.165, 1.54) is 42.7 Å². The van der Waals surface area contributed by atoms with E-state index in [-0.39, 0.29) is 10.6 Å². The van der Waals surface area contributed by atoms with Crippen molar-refractivity contribution < 1.29 is 17.6 Å². The average molecular weight is 469 g/mol. The maximum Gasteiger partial charge on any atom is 0.222 e. The second-order valence-corrected chi connectivity index (χ2v) is 11.6. The molecular formula is C26H29FN2O3S. The monoisotopic (exact) mass is 468 g/mol. The van der Waals surface area contributed by atoms with Crippen LogP contribution in [0.2, 0.25) is 0 Å². The summed E-state index contributed by atoms with van der Waals surface area (Å²) in [7, 11) is -1.56. The number of hydrogen-bond acceptors (Lipinski definition) is 3. The van der Waals surface area contributed by atoms with E-state index in [9.17, 15) is 17.6 Å². The van der Waals surface area contributed by atoms with Gasteiger partial charge in [-0.2, -0.15) is 0 Å². The Balaban J connectivity index is 1.35. The van der Waals surface area contributed by atoms with Gasteiger partial charge in [0.05, 0.1) is 10.6 Å². The first-order valence-corrected chi connectivity index (χ1v) is 13.3. The Bertz CT molecular complexity index is 1290. The van der Waals surface area contributed by atoms with Gasteiger partial charge in [0, 0.05) is 43.7 Å². The highest BCUT2D eigenvalue weighted by Crippen LogP contribution is 2.37. The van der Waals surface area contributed by atoms with Gasteiger partial charge in [-0.3, -0.25) is 4.79 Å². The van der Waals surface area contributed by atoms with Crippen molar-refractivity contribution in [2.24, 2.45) is 13.0 Å². The van der Waals surface area contributed by atoms with Gasteiger partial charge >= 0.3 is 0 Å². The molecule has 2 aliphatic rings. The zero-order valence-corrected chi connectivity index (χ0v) is 19.7. The predicted octanol–water partition coefficient (Wildman–Crippen LogP) is 4.80. The third kappa shape index (κ3) is 4.69. The van der Waals surface area contributed by atoms with E-state index in [1.54, 1.807) is 0 Å². The van der Waals surface area contributed by atoms with Crippen LogP contribution in [0.15, 0.2) is 53.6 Å². The smallest absolute Gasteiger partial charge is 0.222 e. The van der Waals surface area contributed by atoms with Crippen molar-refractivity contribution in [3.63, 3.8) is 0 Å². The lowest BCUT2D eigenvalue weighted by molar-refractivity contribution is -0.132. The molecule has 1 saturated carbocycles. The number of benzene rings is 2. The predicted molar refractivity (Wildman–Crippen MR) is 126 cm³/mol. The van der Waals surface area contributed by atoms with Gasteiger partial charge in [-0.05, 0) is 85.0 Å². The van der Waals surface area contributed by atoms with Crippen LogP contribution in [0.4, 0.5) is 4.39 Å². The van der Waals surface area contributed by atoms with E-state index in [2.05, 4.69) is 10.8 Å². The molecule has 3 aromatic rings. The molecule has 1 amide bonds. The van der Waals surface area contributed by atoms with Crippen LogP contribution in [-0.2, 0) is 27.4 Å². The molecule has 0 N–H and O–H groups in total. The topological polar surface area (TPSA) is 59.4 Å². The lowest BCUT2D eigenvalue weighted by atomic mass is 9.88. The standard InChI is InChI=1S/C26H29FN2O3S/c1-28-16-24(20-10-12-29(13-11-20)26(30)15-18-2-3-18)23-14-19(4-9-25(23)28)17-33(31,32)22-7-5-21(27)6-8-22/h4-9,14,16,18,20H,2-3,10-13,15,17H2,1H3. The highest BCUT2D eigenvalue weighted by molar-refractivity contribution is 7.90. The van der Waals surface area contributed by atoms with Crippen molar-refractivity contribution in [1.82, 2.24) is 9.47 Å². The zero-order chi connectivity index (χ0) is 23.2. The average Bonchev–Trinajstić information content (AvgIpc) is 3.55. The zero-order valence-electron chi connectivity index (χ0n) is 18.8. The molecule has 2 fully saturated rings. The number of aromatic nitrogens is 1. The Hall–Kier alpha value is -2.67. The van der Waals surface area contributed by atoms with Crippen molar-refractivity contribution in [3.8, 4) is 0 Å². The largest absolute Gasteiger partial charge is 0.350 e. The van der Waals surface area contributed by atoms with Gasteiger partial charge < -0.3 is 9.47 Å². The van der Waals surface area contributed by atoms with Gasteiger partial charge in [0.1, 0.15) is 5.82 Å². The minimum Gasteiger partial charge on any atom is -0.350 e. The van der Waals surface area contributed by atoms with Crippen molar-refractivity contribution in [3.05, 3.63) is 65.6 Å². The fourth-order valence-electron chi connectivity index (χ4n) is 4.97. The SMILES string of the molecule is Cn1cc(C2CCN(C(=O)CC3CC3)CC2)c2cc(CS(=O)(=O)c3ccc(F)cc3)ccc21. The number of aryl methyl sites for hydroxylation is 1. The Morgan fingerprint density at radius 1 is 1.03 bits per heavy atom. The molecule has 2 heterocycles. The highest BCUT2D eigenvalue weighted by Gasteiger charge is 2.30. The van der Waals surface area contributed by atoms with E-state index in [1.807, 2.05) is 30.1 Å². The van der Waals surface area contributed by atoms with Crippen LogP contribution in [0, 0.1) is 11.7 Å². The molecule has 2 aromatic carbocycles. The van der Waals surface area contributed by atoms with Crippen molar-refractivity contribution in [2.75, 3.05) is 13.1 Å². The van der Waals surface area contributed by atoms with Gasteiger partial charge in [0.25, 0.3) is 0 Å². The number of hydrogen-bond donors (Lipinski definition) is 0. The molecule has 1 aliphatic heterocycles. The number of carbonyl (C=O) groups excluding carboxylic acids is 1. The molecule has 0 unspecified atom stereocenters. The van der Waals surface area contributed by atoms with Crippen LogP contribution in [0.1, 0.15) is 49.1 Å². The second-order valence-electron chi connectivity index (χ2n) is 9.56. The van der Waals surface area contributed by atoms with Crippen molar-refractivity contribution >= 4 is 26.6 Å². The first-order chi connectivity index (χ1) is 15.8. The van der Waals surface area contributed by atoms with E-state index in [4.69, 9.17) is 0 Å². The fourth-order valence-corrected chi connectivity index (χ4v) is 6.30. The molecule has 7 heteroatoms. The maximum atomic E-state index is 13.2. The summed E-state index contributed by atoms with van der Waals surface area (Å²) >= 11 is 0. The number of rotatable bonds is 6. The molecule has 5 nitrogen and oxygen atoms in total. The van der Waals surface area contributed by atoms with Crippen LogP contribution in [0.3, 0.4) is 0 Å². The summed E-state index contributed by atoms with van der Waals surface area (Å²) in [6, 6.07) is 10.8. The number of halogens is 1. The first-order valence-electron chi connectivity index (χ1n) is 11.6. The summed E-state index contributed by atoms with van der Waals surface area (Å²) in [6.07, 6.45) is 7.08. The molecule has 1 saturated heterocycles. The molecular weight excluding hydrogens is 439 g/mol. The van der Waals surface area contributed by atoms with E-state index in [0.717, 1.165) is 42.4 Å². The van der Waals surface area contributed by atoms with Crippen LogP contribution in [0.25, 0.3) is 10.9 Å². The number of nitrogens with zero attached hydrogens (tertiary/aromatic N) is 2. The quantitative estimate of drug-likeness (QED) is 0.489. The Morgan fingerprint density at radius 2 is 1.73 bits per heavy atom. The fraction of sp³-hybridized carbons (Fsp3) is 0.423. The number of fused-ring (bicyclic) bond motifs is 1. The van der Waals surface area contributed by atoms with Gasteiger partial charge in [-0.1, -0.05) is 6.07 Å². The highest BCUT2D eigenvalue weighted by atomic mass is 32.2. The first kappa shape index (κ1) is 22.1. The minimum atomic E-state index is -3.57. The van der Waals surface area contributed by atoms with Gasteiger partial charge in [0.2, 0.25) is 5.91 Å². The Labute approximate surface area is 194 Å². The second kappa shape index (κ2) is 8.60. The lowest BCUT2D eigenvalue weighted by Gasteiger charge is -2.32. The van der Waals surface area contributed by atoms with Crippen LogP contribution >= 0.6 is 0 Å². The van der Waals surface area contributed by atoms with Gasteiger partial charge in [-0.15, -0.1) is 0 Å². The van der Waals surface area contributed by atoms with Crippen LogP contribution < -0.4 is 0 Å². The Kier molecular flexibility index (Phi) is 5.77. The molecule has 0 bridgehead atoms. The van der Waals surface area contributed by atoms with Gasteiger partial charge in [0.15, 0.2) is 9.84 Å². The molecule has 33 heavy (non-hydrogen) atoms. The van der Waals surface area contributed by atoms with Crippen molar-refractivity contribution in [2.45, 2.75) is 48.7 Å². The van der Waals surface area contributed by atoms with Gasteiger partial charge in [-0.25, -0.2) is 12.8 Å². The normalized spacial score (nSPS) is 17.6. The summed E-state index contributed by atoms with van der Waals surface area (Å²) in [5, 5.41) is 1.08.